The van der Waals surface area contributed by atoms with Crippen molar-refractivity contribution in [3.8, 4) is 0 Å². The third-order valence-corrected chi connectivity index (χ3v) is 7.24. The summed E-state index contributed by atoms with van der Waals surface area (Å²) < 4.78 is 32.4. The van der Waals surface area contributed by atoms with Crippen LogP contribution in [0.2, 0.25) is 0 Å². The number of benzene rings is 1. The number of amides is 2. The first kappa shape index (κ1) is 21.7. The lowest BCUT2D eigenvalue weighted by molar-refractivity contribution is -0.135. The third-order valence-electron chi connectivity index (χ3n) is 5.35. The van der Waals surface area contributed by atoms with Crippen LogP contribution >= 0.6 is 0 Å². The molecule has 2 aliphatic rings. The van der Waals surface area contributed by atoms with Gasteiger partial charge >= 0.3 is 0 Å². The van der Waals surface area contributed by atoms with Crippen LogP contribution in [0.25, 0.3) is 0 Å². The molecule has 2 aliphatic heterocycles. The Kier molecular flexibility index (Phi) is 7.26. The second kappa shape index (κ2) is 9.69. The zero-order chi connectivity index (χ0) is 20.9. The molecule has 2 amide bonds. The van der Waals surface area contributed by atoms with Crippen LogP contribution in [0.1, 0.15) is 37.7 Å². The minimum Gasteiger partial charge on any atom is -0.379 e. The normalized spacial score (nSPS) is 19.5. The predicted octanol–water partition coefficient (Wildman–Crippen LogP) is 1.75. The Morgan fingerprint density at radius 1 is 1.10 bits per heavy atom. The number of ether oxygens (including phenoxy) is 1. The maximum absolute atomic E-state index is 12.9. The van der Waals surface area contributed by atoms with Crippen LogP contribution in [0, 0.1) is 6.92 Å². The van der Waals surface area contributed by atoms with Gasteiger partial charge in [0.15, 0.2) is 0 Å². The van der Waals surface area contributed by atoms with Crippen LogP contribution in [0.5, 0.6) is 0 Å². The summed E-state index contributed by atoms with van der Waals surface area (Å²) in [4.78, 5) is 26.5. The number of likely N-dealkylation sites (tertiary alicyclic amines) is 1. The summed E-state index contributed by atoms with van der Waals surface area (Å²) in [5.41, 5.74) is 1.21. The molecule has 1 N–H and O–H groups in total. The van der Waals surface area contributed by atoms with Crippen molar-refractivity contribution in [1.82, 2.24) is 9.21 Å². The van der Waals surface area contributed by atoms with E-state index >= 15 is 0 Å². The van der Waals surface area contributed by atoms with Crippen molar-refractivity contribution in [2.24, 2.45) is 0 Å². The first-order valence-electron chi connectivity index (χ1n) is 10.1. The van der Waals surface area contributed by atoms with Gasteiger partial charge in [0.2, 0.25) is 21.8 Å². The maximum atomic E-state index is 12.9. The number of carbonyl (C=O) groups is 2. The van der Waals surface area contributed by atoms with Gasteiger partial charge in [0.25, 0.3) is 0 Å². The molecule has 29 heavy (non-hydrogen) atoms. The largest absolute Gasteiger partial charge is 0.379 e. The Morgan fingerprint density at radius 2 is 1.83 bits per heavy atom. The average molecular weight is 424 g/mol. The van der Waals surface area contributed by atoms with Crippen molar-refractivity contribution in [2.45, 2.75) is 43.9 Å². The number of aryl methyl sites for hydroxylation is 1. The third kappa shape index (κ3) is 5.55. The van der Waals surface area contributed by atoms with E-state index in [-0.39, 0.29) is 23.3 Å². The van der Waals surface area contributed by atoms with Crippen LogP contribution in [0.15, 0.2) is 23.1 Å². The van der Waals surface area contributed by atoms with Crippen molar-refractivity contribution >= 4 is 27.5 Å². The first-order valence-corrected chi connectivity index (χ1v) is 11.6. The number of morpholine rings is 1. The van der Waals surface area contributed by atoms with Gasteiger partial charge in [-0.3, -0.25) is 9.59 Å². The van der Waals surface area contributed by atoms with E-state index in [1.54, 1.807) is 17.0 Å². The molecule has 160 valence electrons. The summed E-state index contributed by atoms with van der Waals surface area (Å²) in [7, 11) is -3.64. The van der Waals surface area contributed by atoms with Gasteiger partial charge in [0.1, 0.15) is 0 Å². The summed E-state index contributed by atoms with van der Waals surface area (Å²) in [5, 5.41) is 2.79. The summed E-state index contributed by atoms with van der Waals surface area (Å²) in [6, 6.07) is 4.73. The smallest absolute Gasteiger partial charge is 0.244 e. The molecule has 8 nitrogen and oxygen atoms in total. The van der Waals surface area contributed by atoms with Gasteiger partial charge in [-0.2, -0.15) is 4.31 Å². The fraction of sp³-hybridized carbons (Fsp3) is 0.600. The van der Waals surface area contributed by atoms with E-state index in [1.165, 1.54) is 10.4 Å². The molecule has 0 saturated carbocycles. The molecule has 2 heterocycles. The van der Waals surface area contributed by atoms with Gasteiger partial charge in [-0.1, -0.05) is 18.9 Å². The SMILES string of the molecule is Cc1ccc(S(=O)(=O)N2CCOCC2)cc1NC(=O)CN1CCCCCCC1=O. The molecule has 1 aromatic carbocycles. The van der Waals surface area contributed by atoms with Gasteiger partial charge in [0.05, 0.1) is 24.7 Å². The number of sulfonamides is 1. The highest BCUT2D eigenvalue weighted by atomic mass is 32.2. The molecule has 1 aromatic rings. The highest BCUT2D eigenvalue weighted by Gasteiger charge is 2.27. The number of hydrogen-bond donors (Lipinski definition) is 1. The van der Waals surface area contributed by atoms with Crippen molar-refractivity contribution in [3.05, 3.63) is 23.8 Å². The summed E-state index contributed by atoms with van der Waals surface area (Å²) in [6.07, 6.45) is 4.34. The Bertz CT molecular complexity index is 850. The van der Waals surface area contributed by atoms with E-state index in [0.29, 0.717) is 45.0 Å². The van der Waals surface area contributed by atoms with Crippen LogP contribution in [0.3, 0.4) is 0 Å². The van der Waals surface area contributed by atoms with Crippen LogP contribution in [0.4, 0.5) is 5.69 Å². The minimum atomic E-state index is -3.64. The summed E-state index contributed by atoms with van der Waals surface area (Å²) >= 11 is 0. The molecule has 9 heteroatoms. The van der Waals surface area contributed by atoms with Gasteiger partial charge in [0, 0.05) is 31.7 Å². The van der Waals surface area contributed by atoms with Crippen molar-refractivity contribution in [3.63, 3.8) is 0 Å². The zero-order valence-corrected chi connectivity index (χ0v) is 17.7. The van der Waals surface area contributed by atoms with E-state index in [0.717, 1.165) is 31.2 Å². The average Bonchev–Trinajstić information content (AvgIpc) is 2.70. The summed E-state index contributed by atoms with van der Waals surface area (Å²) in [5.74, 6) is -0.317. The predicted molar refractivity (Wildman–Crippen MR) is 109 cm³/mol. The van der Waals surface area contributed by atoms with Gasteiger partial charge < -0.3 is 15.0 Å². The number of rotatable bonds is 5. The number of anilines is 1. The highest BCUT2D eigenvalue weighted by Crippen LogP contribution is 2.24. The van der Waals surface area contributed by atoms with Gasteiger partial charge in [-0.25, -0.2) is 8.42 Å². The van der Waals surface area contributed by atoms with E-state index < -0.39 is 10.0 Å². The molecular weight excluding hydrogens is 394 g/mol. The van der Waals surface area contributed by atoms with Crippen LogP contribution in [-0.4, -0.2) is 68.8 Å². The van der Waals surface area contributed by atoms with E-state index in [4.69, 9.17) is 4.74 Å². The van der Waals surface area contributed by atoms with E-state index in [1.807, 2.05) is 6.92 Å². The molecule has 2 fully saturated rings. The standard InChI is InChI=1S/C20H29N3O5S/c1-16-7-8-17(29(26,27)23-10-12-28-13-11-23)14-18(16)21-19(24)15-22-9-5-3-2-4-6-20(22)25/h7-8,14H,2-6,9-13,15H2,1H3,(H,21,24). The van der Waals surface area contributed by atoms with Crippen molar-refractivity contribution in [1.29, 1.82) is 0 Å². The number of nitrogens with one attached hydrogen (secondary N) is 1. The Hall–Kier alpha value is -1.97. The second-order valence-electron chi connectivity index (χ2n) is 7.52. The van der Waals surface area contributed by atoms with Gasteiger partial charge in [-0.05, 0) is 37.5 Å². The van der Waals surface area contributed by atoms with Gasteiger partial charge in [-0.15, -0.1) is 0 Å². The molecule has 0 spiro atoms. The minimum absolute atomic E-state index is 0.000202. The molecule has 0 unspecified atom stereocenters. The quantitative estimate of drug-likeness (QED) is 0.778. The van der Waals surface area contributed by atoms with Crippen LogP contribution in [-0.2, 0) is 24.3 Å². The molecule has 0 aromatic heterocycles. The fourth-order valence-electron chi connectivity index (χ4n) is 3.58. The van der Waals surface area contributed by atoms with Crippen LogP contribution < -0.4 is 5.32 Å². The maximum Gasteiger partial charge on any atom is 0.244 e. The fourth-order valence-corrected chi connectivity index (χ4v) is 5.01. The number of nitrogens with zero attached hydrogens (tertiary/aromatic N) is 2. The second-order valence-corrected chi connectivity index (χ2v) is 9.46. The lowest BCUT2D eigenvalue weighted by Gasteiger charge is -2.26. The first-order chi connectivity index (χ1) is 13.9. The number of carbonyl (C=O) groups excluding carboxylic acids is 2. The molecule has 3 rings (SSSR count). The Labute approximate surface area is 172 Å². The topological polar surface area (TPSA) is 96.0 Å². The molecule has 2 saturated heterocycles. The Balaban J connectivity index is 1.71. The molecular formula is C20H29N3O5S. The van der Waals surface area contributed by atoms with E-state index in [9.17, 15) is 18.0 Å². The molecule has 0 bridgehead atoms. The molecule has 0 radical (unpaired) electrons. The van der Waals surface area contributed by atoms with Crippen molar-refractivity contribution in [2.75, 3.05) is 44.7 Å². The molecule has 0 aliphatic carbocycles. The molecule has 0 atom stereocenters. The lowest BCUT2D eigenvalue weighted by Crippen LogP contribution is -2.40. The number of hydrogen-bond acceptors (Lipinski definition) is 5. The summed E-state index contributed by atoms with van der Waals surface area (Å²) in [6.45, 7) is 3.75. The monoisotopic (exact) mass is 423 g/mol. The van der Waals surface area contributed by atoms with E-state index in [2.05, 4.69) is 5.32 Å². The highest BCUT2D eigenvalue weighted by molar-refractivity contribution is 7.89. The Morgan fingerprint density at radius 3 is 2.59 bits per heavy atom. The van der Waals surface area contributed by atoms with Crippen molar-refractivity contribution < 1.29 is 22.7 Å². The zero-order valence-electron chi connectivity index (χ0n) is 16.9. The lowest BCUT2D eigenvalue weighted by atomic mass is 10.1.